The summed E-state index contributed by atoms with van der Waals surface area (Å²) >= 11 is 0. The molecule has 0 saturated heterocycles. The Morgan fingerprint density at radius 1 is 0.886 bits per heavy atom. The molecule has 6 nitrogen and oxygen atoms in total. The van der Waals surface area contributed by atoms with Gasteiger partial charge >= 0.3 is 0 Å². The van der Waals surface area contributed by atoms with Gasteiger partial charge in [0, 0.05) is 35.9 Å². The number of carbonyl (C=O) groups excluding carboxylic acids is 1. The van der Waals surface area contributed by atoms with Gasteiger partial charge in [-0.3, -0.25) is 14.0 Å². The molecule has 0 spiro atoms. The number of methoxy groups -OCH3 is 1. The summed E-state index contributed by atoms with van der Waals surface area (Å²) in [4.78, 5) is 17.8. The minimum absolute atomic E-state index is 0.0329. The Bertz CT molecular complexity index is 1550. The summed E-state index contributed by atoms with van der Waals surface area (Å²) in [6, 6.07) is 23.3. The molecule has 1 heterocycles. The fourth-order valence-electron chi connectivity index (χ4n) is 4.71. The van der Waals surface area contributed by atoms with Crippen LogP contribution in [0.5, 0.6) is 11.5 Å². The molecule has 0 saturated carbocycles. The van der Waals surface area contributed by atoms with E-state index in [1.165, 1.54) is 0 Å². The van der Waals surface area contributed by atoms with Gasteiger partial charge in [0.05, 0.1) is 30.3 Å². The van der Waals surface area contributed by atoms with Crippen LogP contribution < -0.4 is 9.47 Å². The van der Waals surface area contributed by atoms with E-state index >= 15 is 0 Å². The number of rotatable bonds is 17. The van der Waals surface area contributed by atoms with Crippen molar-refractivity contribution in [2.24, 2.45) is 0 Å². The van der Waals surface area contributed by atoms with Gasteiger partial charge < -0.3 is 14.2 Å². The van der Waals surface area contributed by atoms with Crippen molar-refractivity contribution in [1.82, 2.24) is 4.98 Å². The molecule has 0 aliphatic heterocycles. The molecular weight excluding hydrogens is 570 g/mol. The second-order valence-electron chi connectivity index (χ2n) is 10.4. The van der Waals surface area contributed by atoms with Crippen LogP contribution in [0.15, 0.2) is 96.2 Å². The van der Waals surface area contributed by atoms with E-state index in [0.717, 1.165) is 69.9 Å². The van der Waals surface area contributed by atoms with Crippen LogP contribution in [0.3, 0.4) is 0 Å². The van der Waals surface area contributed by atoms with Crippen molar-refractivity contribution in [2.45, 2.75) is 50.2 Å². The predicted octanol–water partition coefficient (Wildman–Crippen LogP) is 7.65. The average molecular weight is 612 g/mol. The number of pyridine rings is 1. The van der Waals surface area contributed by atoms with Crippen molar-refractivity contribution in [3.63, 3.8) is 0 Å². The third-order valence-corrected chi connectivity index (χ3v) is 8.61. The van der Waals surface area contributed by atoms with Gasteiger partial charge in [0.15, 0.2) is 5.78 Å². The summed E-state index contributed by atoms with van der Waals surface area (Å²) < 4.78 is 29.8. The molecular formula is C37H41NO5S. The minimum Gasteiger partial charge on any atom is -0.496 e. The number of carbonyl (C=O) groups is 1. The van der Waals surface area contributed by atoms with E-state index in [-0.39, 0.29) is 12.2 Å². The van der Waals surface area contributed by atoms with Gasteiger partial charge in [-0.15, -0.1) is 0 Å². The number of aromatic nitrogens is 1. The zero-order chi connectivity index (χ0) is 31.1. The second kappa shape index (κ2) is 17.3. The Labute approximate surface area is 263 Å². The first-order valence-corrected chi connectivity index (χ1v) is 16.4. The predicted molar refractivity (Wildman–Crippen MR) is 178 cm³/mol. The number of aryl methyl sites for hydroxylation is 1. The van der Waals surface area contributed by atoms with Gasteiger partial charge in [-0.05, 0) is 95.3 Å². The smallest absolute Gasteiger partial charge is 0.160 e. The molecule has 4 aromatic rings. The Morgan fingerprint density at radius 2 is 1.66 bits per heavy atom. The number of hydrogen-bond donors (Lipinski definition) is 0. The highest BCUT2D eigenvalue weighted by atomic mass is 32.2. The number of benzene rings is 3. The lowest BCUT2D eigenvalue weighted by Gasteiger charge is -2.10. The van der Waals surface area contributed by atoms with Crippen LogP contribution in [0.25, 0.3) is 17.2 Å². The number of unbranched alkanes of at least 4 members (excludes halogenated alkanes) is 1. The Balaban J connectivity index is 1.34. The summed E-state index contributed by atoms with van der Waals surface area (Å²) in [6.45, 7) is 6.09. The highest BCUT2D eigenvalue weighted by Crippen LogP contribution is 2.29. The first-order valence-electron chi connectivity index (χ1n) is 15.1. The normalized spacial score (nSPS) is 11.9. The lowest BCUT2D eigenvalue weighted by Crippen LogP contribution is -2.07. The monoisotopic (exact) mass is 611 g/mol. The largest absolute Gasteiger partial charge is 0.496 e. The molecule has 1 atom stereocenters. The fraction of sp³-hybridized carbons (Fsp3) is 0.297. The van der Waals surface area contributed by atoms with Crippen LogP contribution in [0.2, 0.25) is 0 Å². The van der Waals surface area contributed by atoms with Crippen LogP contribution in [-0.2, 0) is 38.9 Å². The molecule has 44 heavy (non-hydrogen) atoms. The number of ether oxygens (including phenoxy) is 3. The first kappa shape index (κ1) is 32.8. The Hall–Kier alpha value is -4.07. The van der Waals surface area contributed by atoms with Crippen molar-refractivity contribution in [3.05, 3.63) is 114 Å². The van der Waals surface area contributed by atoms with Crippen LogP contribution in [0.1, 0.15) is 48.9 Å². The van der Waals surface area contributed by atoms with Crippen molar-refractivity contribution >= 4 is 22.7 Å². The molecule has 0 unspecified atom stereocenters. The van der Waals surface area contributed by atoms with E-state index in [2.05, 4.69) is 18.8 Å². The maximum absolute atomic E-state index is 12.9. The van der Waals surface area contributed by atoms with Crippen LogP contribution in [0.4, 0.5) is 0 Å². The number of nitrogens with zero attached hydrogens (tertiary/aromatic N) is 1. The number of ketones is 1. The van der Waals surface area contributed by atoms with Gasteiger partial charge in [0.1, 0.15) is 18.1 Å². The zero-order valence-corrected chi connectivity index (χ0v) is 26.6. The molecule has 0 amide bonds. The molecule has 1 aromatic heterocycles. The Kier molecular flexibility index (Phi) is 12.9. The molecule has 0 bridgehead atoms. The van der Waals surface area contributed by atoms with Crippen LogP contribution in [0, 0.1) is 0 Å². The summed E-state index contributed by atoms with van der Waals surface area (Å²) in [7, 11) is 0.433. The SMILES string of the molecule is CCCCOCCOc1ccc(-c2ccc(OC)c(/C=C/C(=O)Cc3ccc([S@](=O)Cc4cnccc4CC)cc3)c2)cc1. The quantitative estimate of drug-likeness (QED) is 0.0902. The van der Waals surface area contributed by atoms with Gasteiger partial charge in [-0.2, -0.15) is 0 Å². The molecule has 0 radical (unpaired) electrons. The van der Waals surface area contributed by atoms with E-state index in [0.29, 0.717) is 24.7 Å². The zero-order valence-electron chi connectivity index (χ0n) is 25.8. The molecule has 230 valence electrons. The lowest BCUT2D eigenvalue weighted by atomic mass is 10.0. The van der Waals surface area contributed by atoms with E-state index < -0.39 is 10.8 Å². The second-order valence-corrected chi connectivity index (χ2v) is 11.9. The first-order chi connectivity index (χ1) is 21.5. The third kappa shape index (κ3) is 9.73. The lowest BCUT2D eigenvalue weighted by molar-refractivity contribution is -0.113. The van der Waals surface area contributed by atoms with Gasteiger partial charge in [-0.1, -0.05) is 50.6 Å². The van der Waals surface area contributed by atoms with Gasteiger partial charge in [0.25, 0.3) is 0 Å². The van der Waals surface area contributed by atoms with Crippen molar-refractivity contribution in [3.8, 4) is 22.6 Å². The summed E-state index contributed by atoms with van der Waals surface area (Å²) in [5, 5.41) is 0. The molecule has 4 rings (SSSR count). The standard InChI is InChI=1S/C37H41NO5S/c1-4-6-21-42-22-23-43-35-14-10-30(11-15-35)31-12-18-37(41-3)32(25-31)9-13-34(39)24-28-7-16-36(17-8-28)44(40)27-33-26-38-20-19-29(33)5-2/h7-20,25-26H,4-6,21-24,27H2,1-3H3/b13-9+/t44-/m1/s1. The van der Waals surface area contributed by atoms with E-state index in [9.17, 15) is 9.00 Å². The van der Waals surface area contributed by atoms with E-state index in [1.807, 2.05) is 72.8 Å². The number of hydrogen-bond acceptors (Lipinski definition) is 6. The number of allylic oxidation sites excluding steroid dienone is 1. The van der Waals surface area contributed by atoms with Crippen LogP contribution in [-0.4, -0.2) is 41.9 Å². The van der Waals surface area contributed by atoms with E-state index in [4.69, 9.17) is 14.2 Å². The third-order valence-electron chi connectivity index (χ3n) is 7.24. The molecule has 7 heteroatoms. The molecule has 3 aromatic carbocycles. The molecule has 0 N–H and O–H groups in total. The van der Waals surface area contributed by atoms with E-state index in [1.54, 1.807) is 31.7 Å². The van der Waals surface area contributed by atoms with Gasteiger partial charge in [-0.25, -0.2) is 0 Å². The molecule has 0 aliphatic rings. The van der Waals surface area contributed by atoms with Crippen molar-refractivity contribution < 1.29 is 23.2 Å². The maximum atomic E-state index is 12.9. The summed E-state index contributed by atoms with van der Waals surface area (Å²) in [5.41, 5.74) is 5.89. The highest BCUT2D eigenvalue weighted by molar-refractivity contribution is 7.84. The van der Waals surface area contributed by atoms with Crippen molar-refractivity contribution in [1.29, 1.82) is 0 Å². The van der Waals surface area contributed by atoms with Crippen molar-refractivity contribution in [2.75, 3.05) is 26.9 Å². The average Bonchev–Trinajstić information content (AvgIpc) is 3.06. The fourth-order valence-corrected chi connectivity index (χ4v) is 5.86. The minimum atomic E-state index is -1.19. The summed E-state index contributed by atoms with van der Waals surface area (Å²) in [6.07, 6.45) is 10.2. The molecule has 0 fully saturated rings. The summed E-state index contributed by atoms with van der Waals surface area (Å²) in [5.74, 6) is 1.87. The highest BCUT2D eigenvalue weighted by Gasteiger charge is 2.10. The van der Waals surface area contributed by atoms with Crippen LogP contribution >= 0.6 is 0 Å². The molecule has 0 aliphatic carbocycles. The van der Waals surface area contributed by atoms with Gasteiger partial charge in [0.2, 0.25) is 0 Å². The Morgan fingerprint density at radius 3 is 2.39 bits per heavy atom. The maximum Gasteiger partial charge on any atom is 0.160 e. The topological polar surface area (TPSA) is 74.7 Å².